The van der Waals surface area contributed by atoms with Gasteiger partial charge in [0.15, 0.2) is 0 Å². The molecular formula is C22H15BrN4O6. The summed E-state index contributed by atoms with van der Waals surface area (Å²) in [6.45, 7) is 0. The van der Waals surface area contributed by atoms with Gasteiger partial charge in [0, 0.05) is 34.4 Å². The lowest BCUT2D eigenvalue weighted by atomic mass is 10.1. The summed E-state index contributed by atoms with van der Waals surface area (Å²) in [5.74, 6) is -1.31. The Morgan fingerprint density at radius 1 is 0.848 bits per heavy atom. The van der Waals surface area contributed by atoms with E-state index in [2.05, 4.69) is 26.6 Å². The van der Waals surface area contributed by atoms with Crippen molar-refractivity contribution in [2.75, 3.05) is 5.32 Å². The van der Waals surface area contributed by atoms with Crippen molar-refractivity contribution in [2.24, 2.45) is 0 Å². The third-order valence-electron chi connectivity index (χ3n) is 4.34. The van der Waals surface area contributed by atoms with Gasteiger partial charge in [0.1, 0.15) is 5.70 Å². The van der Waals surface area contributed by atoms with E-state index in [1.54, 1.807) is 24.3 Å². The van der Waals surface area contributed by atoms with Gasteiger partial charge in [-0.15, -0.1) is 0 Å². The average Bonchev–Trinajstić information content (AvgIpc) is 2.79. The third-order valence-corrected chi connectivity index (χ3v) is 5.03. The van der Waals surface area contributed by atoms with Crippen LogP contribution in [0.1, 0.15) is 15.9 Å². The maximum Gasteiger partial charge on any atom is 0.272 e. The van der Waals surface area contributed by atoms with Crippen LogP contribution in [-0.4, -0.2) is 21.7 Å². The number of nitro benzene ring substituents is 2. The lowest BCUT2D eigenvalue weighted by Gasteiger charge is -2.12. The summed E-state index contributed by atoms with van der Waals surface area (Å²) in [6, 6.07) is 17.3. The van der Waals surface area contributed by atoms with E-state index in [0.29, 0.717) is 10.0 Å². The number of rotatable bonds is 7. The fourth-order valence-electron chi connectivity index (χ4n) is 2.75. The second-order valence-electron chi connectivity index (χ2n) is 6.60. The van der Waals surface area contributed by atoms with Crippen molar-refractivity contribution in [3.8, 4) is 0 Å². The van der Waals surface area contributed by atoms with Gasteiger partial charge in [0.25, 0.3) is 23.2 Å². The molecule has 3 rings (SSSR count). The minimum Gasteiger partial charge on any atom is -0.321 e. The lowest BCUT2D eigenvalue weighted by molar-refractivity contribution is -0.385. The maximum atomic E-state index is 12.9. The molecule has 10 nitrogen and oxygen atoms in total. The van der Waals surface area contributed by atoms with Crippen molar-refractivity contribution in [3.63, 3.8) is 0 Å². The molecule has 0 unspecified atom stereocenters. The van der Waals surface area contributed by atoms with Crippen molar-refractivity contribution < 1.29 is 19.4 Å². The summed E-state index contributed by atoms with van der Waals surface area (Å²) in [5.41, 5.74) is 0.315. The molecule has 166 valence electrons. The molecule has 11 heteroatoms. The zero-order valence-corrected chi connectivity index (χ0v) is 18.3. The first-order valence-corrected chi connectivity index (χ1v) is 10.1. The molecule has 0 radical (unpaired) electrons. The minimum absolute atomic E-state index is 0.150. The number of nitrogens with zero attached hydrogens (tertiary/aromatic N) is 2. The Kier molecular flexibility index (Phi) is 7.26. The zero-order valence-electron chi connectivity index (χ0n) is 16.7. The van der Waals surface area contributed by atoms with Crippen molar-refractivity contribution in [3.05, 3.63) is 114 Å². The highest BCUT2D eigenvalue weighted by atomic mass is 79.9. The standard InChI is InChI=1S/C22H15BrN4O6/c23-19-7-2-1-6-18(19)21(28)25-20(13-14-4-3-5-17(12-14)27(32)33)22(29)24-15-8-10-16(11-9-15)26(30)31/h1-13H,(H,24,29)(H,25,28). The summed E-state index contributed by atoms with van der Waals surface area (Å²) in [7, 11) is 0. The predicted molar refractivity (Wildman–Crippen MR) is 124 cm³/mol. The van der Waals surface area contributed by atoms with Crippen LogP contribution in [0.4, 0.5) is 17.1 Å². The van der Waals surface area contributed by atoms with Crippen LogP contribution in [0.2, 0.25) is 0 Å². The maximum absolute atomic E-state index is 12.9. The molecule has 0 aliphatic rings. The molecular weight excluding hydrogens is 496 g/mol. The summed E-state index contributed by atoms with van der Waals surface area (Å²) in [5, 5.41) is 27.0. The molecule has 2 amide bonds. The molecule has 0 aliphatic heterocycles. The van der Waals surface area contributed by atoms with Crippen molar-refractivity contribution in [1.82, 2.24) is 5.32 Å². The number of non-ortho nitro benzene ring substituents is 2. The highest BCUT2D eigenvalue weighted by Crippen LogP contribution is 2.20. The fourth-order valence-corrected chi connectivity index (χ4v) is 3.22. The topological polar surface area (TPSA) is 144 Å². The lowest BCUT2D eigenvalue weighted by Crippen LogP contribution is -2.31. The van der Waals surface area contributed by atoms with E-state index in [0.717, 1.165) is 0 Å². The first-order valence-electron chi connectivity index (χ1n) is 9.32. The summed E-state index contributed by atoms with van der Waals surface area (Å²) < 4.78 is 0.507. The van der Waals surface area contributed by atoms with Gasteiger partial charge in [0.2, 0.25) is 0 Å². The van der Waals surface area contributed by atoms with Gasteiger partial charge < -0.3 is 10.6 Å². The molecule has 0 bridgehead atoms. The number of carbonyl (C=O) groups is 2. The van der Waals surface area contributed by atoms with Gasteiger partial charge in [-0.2, -0.15) is 0 Å². The van der Waals surface area contributed by atoms with Gasteiger partial charge in [-0.1, -0.05) is 24.3 Å². The van der Waals surface area contributed by atoms with Crippen LogP contribution in [0.3, 0.4) is 0 Å². The molecule has 0 atom stereocenters. The molecule has 0 saturated heterocycles. The zero-order chi connectivity index (χ0) is 24.0. The fraction of sp³-hybridized carbons (Fsp3) is 0. The van der Waals surface area contributed by atoms with E-state index in [9.17, 15) is 29.8 Å². The molecule has 0 fully saturated rings. The van der Waals surface area contributed by atoms with Gasteiger partial charge in [-0.3, -0.25) is 29.8 Å². The van der Waals surface area contributed by atoms with Crippen molar-refractivity contribution in [1.29, 1.82) is 0 Å². The Hall–Kier alpha value is -4.38. The van der Waals surface area contributed by atoms with Crippen molar-refractivity contribution >= 4 is 50.9 Å². The average molecular weight is 511 g/mol. The van der Waals surface area contributed by atoms with Gasteiger partial charge in [-0.25, -0.2) is 0 Å². The molecule has 0 aromatic heterocycles. The van der Waals surface area contributed by atoms with Gasteiger partial charge >= 0.3 is 0 Å². The number of nitrogens with one attached hydrogen (secondary N) is 2. The number of nitro groups is 2. The molecule has 3 aromatic rings. The highest BCUT2D eigenvalue weighted by Gasteiger charge is 2.17. The van der Waals surface area contributed by atoms with E-state index in [-0.39, 0.29) is 28.3 Å². The highest BCUT2D eigenvalue weighted by molar-refractivity contribution is 9.10. The van der Waals surface area contributed by atoms with Crippen LogP contribution in [0.5, 0.6) is 0 Å². The van der Waals surface area contributed by atoms with Crippen LogP contribution in [0.15, 0.2) is 83.0 Å². The number of benzene rings is 3. The van der Waals surface area contributed by atoms with Crippen LogP contribution in [0, 0.1) is 20.2 Å². The number of anilines is 1. The quantitative estimate of drug-likeness (QED) is 0.268. The van der Waals surface area contributed by atoms with Crippen LogP contribution in [0.25, 0.3) is 6.08 Å². The molecule has 3 aromatic carbocycles. The first kappa shape index (κ1) is 23.3. The Bertz CT molecular complexity index is 1270. The minimum atomic E-state index is -0.726. The van der Waals surface area contributed by atoms with Crippen molar-refractivity contribution in [2.45, 2.75) is 0 Å². The Balaban J connectivity index is 1.93. The van der Waals surface area contributed by atoms with Crippen LogP contribution >= 0.6 is 15.9 Å². The Labute approximate surface area is 195 Å². The van der Waals surface area contributed by atoms with E-state index in [1.807, 2.05) is 0 Å². The smallest absolute Gasteiger partial charge is 0.272 e. The molecule has 33 heavy (non-hydrogen) atoms. The molecule has 0 saturated carbocycles. The molecule has 2 N–H and O–H groups in total. The molecule has 0 aliphatic carbocycles. The summed E-state index contributed by atoms with van der Waals surface area (Å²) in [6.07, 6.45) is 1.29. The van der Waals surface area contributed by atoms with Crippen LogP contribution < -0.4 is 10.6 Å². The molecule has 0 spiro atoms. The molecule has 0 heterocycles. The van der Waals surface area contributed by atoms with Gasteiger partial charge in [-0.05, 0) is 51.8 Å². The normalized spacial score (nSPS) is 10.9. The first-order chi connectivity index (χ1) is 15.7. The Morgan fingerprint density at radius 3 is 2.15 bits per heavy atom. The number of carbonyl (C=O) groups excluding carboxylic acids is 2. The van der Waals surface area contributed by atoms with Gasteiger partial charge in [0.05, 0.1) is 15.4 Å². The van der Waals surface area contributed by atoms with E-state index < -0.39 is 21.7 Å². The number of halogens is 1. The van der Waals surface area contributed by atoms with Crippen LogP contribution in [-0.2, 0) is 4.79 Å². The predicted octanol–water partition coefficient (Wildman–Crippen LogP) is 4.68. The Morgan fingerprint density at radius 2 is 1.52 bits per heavy atom. The summed E-state index contributed by atoms with van der Waals surface area (Å²) >= 11 is 3.28. The second-order valence-corrected chi connectivity index (χ2v) is 7.46. The SMILES string of the molecule is O=C(Nc1ccc([N+](=O)[O-])cc1)C(=Cc1cccc([N+](=O)[O-])c1)NC(=O)c1ccccc1Br. The summed E-state index contributed by atoms with van der Waals surface area (Å²) in [4.78, 5) is 46.4. The van der Waals surface area contributed by atoms with E-state index in [1.165, 1.54) is 54.6 Å². The largest absolute Gasteiger partial charge is 0.321 e. The number of hydrogen-bond acceptors (Lipinski definition) is 6. The number of hydrogen-bond donors (Lipinski definition) is 2. The monoisotopic (exact) mass is 510 g/mol. The van der Waals surface area contributed by atoms with E-state index >= 15 is 0 Å². The number of amides is 2. The third kappa shape index (κ3) is 6.08. The second kappa shape index (κ2) is 10.3. The van der Waals surface area contributed by atoms with E-state index in [4.69, 9.17) is 0 Å².